The van der Waals surface area contributed by atoms with E-state index in [1.807, 2.05) is 0 Å². The van der Waals surface area contributed by atoms with Gasteiger partial charge in [-0.25, -0.2) is 4.57 Å². The highest BCUT2D eigenvalue weighted by molar-refractivity contribution is 5.68. The van der Waals surface area contributed by atoms with E-state index in [1.54, 1.807) is 6.20 Å². The Morgan fingerprint density at radius 3 is 3.00 bits per heavy atom. The third-order valence-corrected chi connectivity index (χ3v) is 2.11. The predicted octanol–water partition coefficient (Wildman–Crippen LogP) is 1.13. The molecule has 0 radical (unpaired) electrons. The number of hydrogen-bond donors (Lipinski definition) is 0. The lowest BCUT2D eigenvalue weighted by atomic mass is 10.2. The Balaban J connectivity index is 2.34. The molecule has 16 heavy (non-hydrogen) atoms. The van der Waals surface area contributed by atoms with Gasteiger partial charge < -0.3 is 14.9 Å². The molecule has 0 aliphatic heterocycles. The molecule has 1 rings (SSSR count). The van der Waals surface area contributed by atoms with Crippen molar-refractivity contribution in [3.63, 3.8) is 0 Å². The molecular formula is C9H13N3O4. The number of nitro groups is 1. The van der Waals surface area contributed by atoms with Crippen LogP contribution in [0.2, 0.25) is 0 Å². The zero-order valence-corrected chi connectivity index (χ0v) is 8.96. The van der Waals surface area contributed by atoms with E-state index in [0.717, 1.165) is 0 Å². The van der Waals surface area contributed by atoms with Crippen LogP contribution in [-0.4, -0.2) is 27.6 Å². The van der Waals surface area contributed by atoms with Crippen LogP contribution in [-0.2, 0) is 16.1 Å². The molecule has 0 bridgehead atoms. The number of esters is 1. The Bertz CT molecular complexity index is 375. The third-order valence-electron chi connectivity index (χ3n) is 2.11. The van der Waals surface area contributed by atoms with Gasteiger partial charge in [-0.15, -0.1) is 0 Å². The highest BCUT2D eigenvalue weighted by atomic mass is 16.6. The van der Waals surface area contributed by atoms with Gasteiger partial charge in [-0.1, -0.05) is 4.98 Å². The molecule has 7 heteroatoms. The number of imidazole rings is 1. The first-order chi connectivity index (χ1) is 7.65. The van der Waals surface area contributed by atoms with Crippen molar-refractivity contribution in [3.8, 4) is 0 Å². The number of hydrogen-bond acceptors (Lipinski definition) is 5. The second kappa shape index (κ2) is 5.84. The molecule has 0 aliphatic carbocycles. The van der Waals surface area contributed by atoms with Crippen LogP contribution in [0.5, 0.6) is 0 Å². The van der Waals surface area contributed by atoms with Crippen molar-refractivity contribution in [2.75, 3.05) is 7.11 Å². The molecule has 1 aromatic heterocycles. The van der Waals surface area contributed by atoms with Gasteiger partial charge >= 0.3 is 11.9 Å². The lowest BCUT2D eigenvalue weighted by molar-refractivity contribution is -0.396. The number of ether oxygens (including phenoxy) is 1. The first-order valence-corrected chi connectivity index (χ1v) is 4.87. The Hall–Kier alpha value is -1.92. The van der Waals surface area contributed by atoms with E-state index in [2.05, 4.69) is 9.72 Å². The molecule has 0 spiro atoms. The van der Waals surface area contributed by atoms with Crippen molar-refractivity contribution in [3.05, 3.63) is 22.5 Å². The zero-order chi connectivity index (χ0) is 12.0. The smallest absolute Gasteiger partial charge is 0.434 e. The number of rotatable bonds is 6. The van der Waals surface area contributed by atoms with E-state index in [0.29, 0.717) is 25.8 Å². The summed E-state index contributed by atoms with van der Waals surface area (Å²) >= 11 is 0. The van der Waals surface area contributed by atoms with Gasteiger partial charge in [0.05, 0.1) is 13.7 Å². The lowest BCUT2D eigenvalue weighted by Crippen LogP contribution is -2.04. The van der Waals surface area contributed by atoms with Crippen LogP contribution in [0, 0.1) is 10.1 Å². The summed E-state index contributed by atoms with van der Waals surface area (Å²) in [7, 11) is 1.34. The maximum absolute atomic E-state index is 10.8. The van der Waals surface area contributed by atoms with E-state index in [1.165, 1.54) is 17.9 Å². The van der Waals surface area contributed by atoms with Crippen molar-refractivity contribution in [2.45, 2.75) is 25.8 Å². The Morgan fingerprint density at radius 2 is 2.38 bits per heavy atom. The quantitative estimate of drug-likeness (QED) is 0.314. The molecule has 7 nitrogen and oxygen atoms in total. The molecule has 1 aromatic rings. The second-order valence-electron chi connectivity index (χ2n) is 3.21. The van der Waals surface area contributed by atoms with Crippen LogP contribution in [0.25, 0.3) is 0 Å². The minimum Gasteiger partial charge on any atom is -0.469 e. The normalized spacial score (nSPS) is 10.1. The molecule has 1 heterocycles. The van der Waals surface area contributed by atoms with Crippen LogP contribution in [0.15, 0.2) is 12.4 Å². The standard InChI is InChI=1S/C9H13N3O4/c1-16-8(13)4-2-3-6-11-7-5-10-9(11)12(14)15/h5,7H,2-4,6H2,1H3. The molecular weight excluding hydrogens is 214 g/mol. The van der Waals surface area contributed by atoms with Gasteiger partial charge in [0, 0.05) is 6.42 Å². The summed E-state index contributed by atoms with van der Waals surface area (Å²) in [6, 6.07) is 0. The summed E-state index contributed by atoms with van der Waals surface area (Å²) in [6.07, 6.45) is 4.59. The summed E-state index contributed by atoms with van der Waals surface area (Å²) in [5.74, 6) is -0.432. The number of aryl methyl sites for hydroxylation is 1. The monoisotopic (exact) mass is 227 g/mol. The summed E-state index contributed by atoms with van der Waals surface area (Å²) in [5, 5.41) is 10.5. The molecule has 0 fully saturated rings. The number of carbonyl (C=O) groups excluding carboxylic acids is 1. The van der Waals surface area contributed by atoms with E-state index in [9.17, 15) is 14.9 Å². The van der Waals surface area contributed by atoms with Gasteiger partial charge in [0.1, 0.15) is 12.4 Å². The van der Waals surface area contributed by atoms with Crippen molar-refractivity contribution >= 4 is 11.9 Å². The maximum Gasteiger partial charge on any atom is 0.434 e. The minimum absolute atomic E-state index is 0.168. The van der Waals surface area contributed by atoms with Crippen LogP contribution in [0.3, 0.4) is 0 Å². The Morgan fingerprint density at radius 1 is 1.62 bits per heavy atom. The molecule has 0 N–H and O–H groups in total. The molecule has 0 amide bonds. The number of carbonyl (C=O) groups is 1. The summed E-state index contributed by atoms with van der Waals surface area (Å²) in [5.41, 5.74) is 0. The average molecular weight is 227 g/mol. The van der Waals surface area contributed by atoms with Gasteiger partial charge in [0.15, 0.2) is 0 Å². The van der Waals surface area contributed by atoms with Gasteiger partial charge in [-0.2, -0.15) is 0 Å². The first kappa shape index (κ1) is 12.2. The third kappa shape index (κ3) is 3.34. The number of nitrogens with zero attached hydrogens (tertiary/aromatic N) is 3. The Kier molecular flexibility index (Phi) is 4.43. The Labute approximate surface area is 92.2 Å². The average Bonchev–Trinajstić information content (AvgIpc) is 2.72. The fraction of sp³-hybridized carbons (Fsp3) is 0.556. The van der Waals surface area contributed by atoms with Crippen LogP contribution >= 0.6 is 0 Å². The van der Waals surface area contributed by atoms with E-state index in [-0.39, 0.29) is 11.9 Å². The molecule has 0 saturated carbocycles. The van der Waals surface area contributed by atoms with Crippen molar-refractivity contribution in [2.24, 2.45) is 0 Å². The van der Waals surface area contributed by atoms with Gasteiger partial charge in [0.2, 0.25) is 0 Å². The number of methoxy groups -OCH3 is 1. The topological polar surface area (TPSA) is 87.3 Å². The molecule has 0 aliphatic rings. The van der Waals surface area contributed by atoms with E-state index < -0.39 is 4.92 Å². The zero-order valence-electron chi connectivity index (χ0n) is 8.96. The molecule has 0 saturated heterocycles. The van der Waals surface area contributed by atoms with Gasteiger partial charge in [-0.05, 0) is 17.8 Å². The second-order valence-corrected chi connectivity index (χ2v) is 3.21. The van der Waals surface area contributed by atoms with Crippen molar-refractivity contribution in [1.82, 2.24) is 9.55 Å². The van der Waals surface area contributed by atoms with Crippen LogP contribution < -0.4 is 0 Å². The van der Waals surface area contributed by atoms with Crippen LogP contribution in [0.1, 0.15) is 19.3 Å². The minimum atomic E-state index is -0.527. The van der Waals surface area contributed by atoms with Crippen molar-refractivity contribution in [1.29, 1.82) is 0 Å². The highest BCUT2D eigenvalue weighted by Gasteiger charge is 2.13. The lowest BCUT2D eigenvalue weighted by Gasteiger charge is -2.01. The maximum atomic E-state index is 10.8. The SMILES string of the molecule is COC(=O)CCCCn1ccnc1[N+](=O)[O-]. The molecule has 88 valence electrons. The predicted molar refractivity (Wildman–Crippen MR) is 54.7 cm³/mol. The first-order valence-electron chi connectivity index (χ1n) is 4.87. The van der Waals surface area contributed by atoms with Gasteiger partial charge in [0.25, 0.3) is 0 Å². The molecule has 0 unspecified atom stereocenters. The highest BCUT2D eigenvalue weighted by Crippen LogP contribution is 2.09. The fourth-order valence-electron chi connectivity index (χ4n) is 1.30. The fourth-order valence-corrected chi connectivity index (χ4v) is 1.30. The summed E-state index contributed by atoms with van der Waals surface area (Å²) < 4.78 is 5.94. The summed E-state index contributed by atoms with van der Waals surface area (Å²) in [4.78, 5) is 24.4. The van der Waals surface area contributed by atoms with E-state index in [4.69, 9.17) is 0 Å². The molecule has 0 atom stereocenters. The molecule has 0 aromatic carbocycles. The largest absolute Gasteiger partial charge is 0.469 e. The van der Waals surface area contributed by atoms with Crippen LogP contribution in [0.4, 0.5) is 5.95 Å². The number of unbranched alkanes of at least 4 members (excludes halogenated alkanes) is 1. The van der Waals surface area contributed by atoms with Crippen molar-refractivity contribution < 1.29 is 14.5 Å². The van der Waals surface area contributed by atoms with Gasteiger partial charge in [-0.3, -0.25) is 4.79 Å². The summed E-state index contributed by atoms with van der Waals surface area (Å²) in [6.45, 7) is 0.479. The van der Waals surface area contributed by atoms with E-state index >= 15 is 0 Å². The number of aromatic nitrogens is 2.